The Bertz CT molecular complexity index is 254. The molecule has 0 spiro atoms. The number of nitrogens with zero attached hydrogens (tertiary/aromatic N) is 1. The minimum absolute atomic E-state index is 0.0814. The first-order valence-electron chi connectivity index (χ1n) is 6.53. The number of hydrogen-bond acceptors (Lipinski definition) is 4. The summed E-state index contributed by atoms with van der Waals surface area (Å²) in [6.45, 7) is 5.04. The molecule has 1 amide bonds. The Labute approximate surface area is 103 Å². The van der Waals surface area contributed by atoms with Gasteiger partial charge in [-0.2, -0.15) is 0 Å². The van der Waals surface area contributed by atoms with Crippen LogP contribution in [0.3, 0.4) is 0 Å². The van der Waals surface area contributed by atoms with Gasteiger partial charge in [-0.25, -0.2) is 0 Å². The van der Waals surface area contributed by atoms with Crippen molar-refractivity contribution in [2.75, 3.05) is 46.4 Å². The Morgan fingerprint density at radius 2 is 2.47 bits per heavy atom. The van der Waals surface area contributed by atoms with Crippen molar-refractivity contribution in [1.29, 1.82) is 0 Å². The molecule has 2 aliphatic rings. The van der Waals surface area contributed by atoms with Gasteiger partial charge in [0, 0.05) is 19.6 Å². The molecule has 0 aromatic carbocycles. The monoisotopic (exact) mass is 241 g/mol. The van der Waals surface area contributed by atoms with E-state index in [0.29, 0.717) is 19.1 Å². The Morgan fingerprint density at radius 3 is 3.18 bits per heavy atom. The quantitative estimate of drug-likeness (QED) is 0.695. The first-order chi connectivity index (χ1) is 8.25. The third kappa shape index (κ3) is 3.94. The molecule has 17 heavy (non-hydrogen) atoms. The summed E-state index contributed by atoms with van der Waals surface area (Å²) in [6.07, 6.45) is 2.46. The zero-order valence-corrected chi connectivity index (χ0v) is 10.6. The molecular formula is C12H23N3O2. The largest absolute Gasteiger partial charge is 0.378 e. The molecule has 0 aromatic heterocycles. The second-order valence-electron chi connectivity index (χ2n) is 5.10. The normalized spacial score (nSPS) is 31.1. The van der Waals surface area contributed by atoms with Crippen molar-refractivity contribution in [1.82, 2.24) is 15.5 Å². The highest BCUT2D eigenvalue weighted by Gasteiger charge is 2.23. The van der Waals surface area contributed by atoms with E-state index in [1.807, 2.05) is 0 Å². The SMILES string of the molecule is CN1CCCC(CNC(=O)C2COCCN2)C1. The lowest BCUT2D eigenvalue weighted by molar-refractivity contribution is -0.126. The summed E-state index contributed by atoms with van der Waals surface area (Å²) in [4.78, 5) is 14.2. The Morgan fingerprint density at radius 1 is 1.59 bits per heavy atom. The van der Waals surface area contributed by atoms with Crippen LogP contribution in [0.1, 0.15) is 12.8 Å². The lowest BCUT2D eigenvalue weighted by Crippen LogP contribution is -2.52. The molecule has 2 fully saturated rings. The fourth-order valence-electron chi connectivity index (χ4n) is 2.54. The molecule has 0 aliphatic carbocycles. The van der Waals surface area contributed by atoms with Crippen LogP contribution >= 0.6 is 0 Å². The second kappa shape index (κ2) is 6.33. The number of ether oxygens (including phenoxy) is 1. The van der Waals surface area contributed by atoms with Crippen molar-refractivity contribution in [2.24, 2.45) is 5.92 Å². The minimum Gasteiger partial charge on any atom is -0.378 e. The van der Waals surface area contributed by atoms with Gasteiger partial charge in [-0.3, -0.25) is 4.79 Å². The second-order valence-corrected chi connectivity index (χ2v) is 5.10. The maximum absolute atomic E-state index is 11.9. The van der Waals surface area contributed by atoms with E-state index < -0.39 is 0 Å². The van der Waals surface area contributed by atoms with Crippen molar-refractivity contribution < 1.29 is 9.53 Å². The number of morpholine rings is 1. The van der Waals surface area contributed by atoms with Gasteiger partial charge in [-0.15, -0.1) is 0 Å². The van der Waals surface area contributed by atoms with Crippen molar-refractivity contribution in [3.05, 3.63) is 0 Å². The molecule has 5 nitrogen and oxygen atoms in total. The van der Waals surface area contributed by atoms with Crippen LogP contribution in [0.5, 0.6) is 0 Å². The Kier molecular flexibility index (Phi) is 4.76. The number of amides is 1. The summed E-state index contributed by atoms with van der Waals surface area (Å²) < 4.78 is 5.28. The smallest absolute Gasteiger partial charge is 0.239 e. The average molecular weight is 241 g/mol. The highest BCUT2D eigenvalue weighted by atomic mass is 16.5. The fourth-order valence-corrected chi connectivity index (χ4v) is 2.54. The van der Waals surface area contributed by atoms with E-state index in [1.54, 1.807) is 0 Å². The number of nitrogens with one attached hydrogen (secondary N) is 2. The topological polar surface area (TPSA) is 53.6 Å². The van der Waals surface area contributed by atoms with Crippen LogP contribution in [-0.4, -0.2) is 63.3 Å². The molecule has 2 unspecified atom stereocenters. The van der Waals surface area contributed by atoms with E-state index in [9.17, 15) is 4.79 Å². The van der Waals surface area contributed by atoms with Crippen molar-refractivity contribution in [3.63, 3.8) is 0 Å². The molecule has 0 aromatic rings. The number of likely N-dealkylation sites (tertiary alicyclic amines) is 1. The molecule has 0 radical (unpaired) electrons. The molecule has 2 saturated heterocycles. The van der Waals surface area contributed by atoms with Gasteiger partial charge in [0.15, 0.2) is 0 Å². The molecular weight excluding hydrogens is 218 g/mol. The van der Waals surface area contributed by atoms with E-state index in [4.69, 9.17) is 4.74 Å². The van der Waals surface area contributed by atoms with Crippen molar-refractivity contribution in [2.45, 2.75) is 18.9 Å². The van der Waals surface area contributed by atoms with Gasteiger partial charge in [-0.1, -0.05) is 0 Å². The zero-order chi connectivity index (χ0) is 12.1. The molecule has 2 atom stereocenters. The van der Waals surface area contributed by atoms with Gasteiger partial charge in [-0.05, 0) is 32.4 Å². The number of piperidine rings is 1. The zero-order valence-electron chi connectivity index (χ0n) is 10.6. The molecule has 0 saturated carbocycles. The summed E-state index contributed by atoms with van der Waals surface area (Å²) in [6, 6.07) is -0.162. The van der Waals surface area contributed by atoms with Crippen LogP contribution in [0.4, 0.5) is 0 Å². The van der Waals surface area contributed by atoms with E-state index in [1.165, 1.54) is 19.4 Å². The standard InChI is InChI=1S/C12H23N3O2/c1-15-5-2-3-10(8-15)7-14-12(16)11-9-17-6-4-13-11/h10-11,13H,2-9H2,1H3,(H,14,16). The first-order valence-corrected chi connectivity index (χ1v) is 6.53. The summed E-state index contributed by atoms with van der Waals surface area (Å²) in [7, 11) is 2.14. The van der Waals surface area contributed by atoms with Crippen molar-refractivity contribution in [3.8, 4) is 0 Å². The lowest BCUT2D eigenvalue weighted by Gasteiger charge is -2.30. The van der Waals surface area contributed by atoms with Crippen LogP contribution in [0.25, 0.3) is 0 Å². The molecule has 0 bridgehead atoms. The number of carbonyl (C=O) groups is 1. The summed E-state index contributed by atoms with van der Waals surface area (Å²) in [5.74, 6) is 0.681. The van der Waals surface area contributed by atoms with Gasteiger partial charge < -0.3 is 20.3 Å². The molecule has 2 heterocycles. The van der Waals surface area contributed by atoms with Crippen LogP contribution < -0.4 is 10.6 Å². The number of rotatable bonds is 3. The Hall–Kier alpha value is -0.650. The predicted octanol–water partition coefficient (Wildman–Crippen LogP) is -0.567. The van der Waals surface area contributed by atoms with Crippen LogP contribution in [0, 0.1) is 5.92 Å². The van der Waals surface area contributed by atoms with Crippen molar-refractivity contribution >= 4 is 5.91 Å². The fraction of sp³-hybridized carbons (Fsp3) is 0.917. The number of hydrogen-bond donors (Lipinski definition) is 2. The highest BCUT2D eigenvalue weighted by molar-refractivity contribution is 5.81. The van der Waals surface area contributed by atoms with E-state index >= 15 is 0 Å². The van der Waals surface area contributed by atoms with E-state index in [-0.39, 0.29) is 11.9 Å². The maximum atomic E-state index is 11.9. The van der Waals surface area contributed by atoms with Crippen LogP contribution in [0.2, 0.25) is 0 Å². The summed E-state index contributed by atoms with van der Waals surface area (Å²) in [5, 5.41) is 6.20. The van der Waals surface area contributed by atoms with E-state index in [2.05, 4.69) is 22.6 Å². The molecule has 2 N–H and O–H groups in total. The first kappa shape index (κ1) is 12.8. The number of carbonyl (C=O) groups excluding carboxylic acids is 1. The third-order valence-electron chi connectivity index (χ3n) is 3.53. The third-order valence-corrected chi connectivity index (χ3v) is 3.53. The van der Waals surface area contributed by atoms with Crippen LogP contribution in [0.15, 0.2) is 0 Å². The molecule has 5 heteroatoms. The minimum atomic E-state index is -0.162. The Balaban J connectivity index is 1.68. The summed E-state index contributed by atoms with van der Waals surface area (Å²) >= 11 is 0. The lowest BCUT2D eigenvalue weighted by atomic mass is 9.98. The van der Waals surface area contributed by atoms with Gasteiger partial charge in [0.1, 0.15) is 6.04 Å². The highest BCUT2D eigenvalue weighted by Crippen LogP contribution is 2.13. The predicted molar refractivity (Wildman–Crippen MR) is 65.8 cm³/mol. The maximum Gasteiger partial charge on any atom is 0.239 e. The average Bonchev–Trinajstić information content (AvgIpc) is 2.37. The molecule has 98 valence electrons. The molecule has 2 rings (SSSR count). The van der Waals surface area contributed by atoms with E-state index in [0.717, 1.165) is 19.6 Å². The van der Waals surface area contributed by atoms with Gasteiger partial charge in [0.25, 0.3) is 0 Å². The van der Waals surface area contributed by atoms with Gasteiger partial charge in [0.2, 0.25) is 5.91 Å². The van der Waals surface area contributed by atoms with Gasteiger partial charge >= 0.3 is 0 Å². The van der Waals surface area contributed by atoms with Gasteiger partial charge in [0.05, 0.1) is 13.2 Å². The molecule has 2 aliphatic heterocycles. The summed E-state index contributed by atoms with van der Waals surface area (Å²) in [5.41, 5.74) is 0. The van der Waals surface area contributed by atoms with Crippen LogP contribution in [-0.2, 0) is 9.53 Å².